The first-order chi connectivity index (χ1) is 7.15. The summed E-state index contributed by atoms with van der Waals surface area (Å²) in [4.78, 5) is 11.8. The number of rotatable bonds is 5. The fourth-order valence-electron chi connectivity index (χ4n) is 1.84. The number of carbonyl (C=O) groups excluding carboxylic acids is 1. The van der Waals surface area contributed by atoms with Crippen LogP contribution in [0.2, 0.25) is 0 Å². The van der Waals surface area contributed by atoms with E-state index in [4.69, 9.17) is 5.11 Å². The van der Waals surface area contributed by atoms with Gasteiger partial charge in [0.05, 0.1) is 0 Å². The molecule has 0 aromatic rings. The van der Waals surface area contributed by atoms with Crippen LogP contribution >= 0.6 is 0 Å². The average molecular weight is 211 g/mol. The normalized spacial score (nSPS) is 18.4. The fraction of sp³-hybridized carbons (Fsp3) is 0.750. The molecular weight excluding hydrogens is 190 g/mol. The molecule has 1 unspecified atom stereocenters. The summed E-state index contributed by atoms with van der Waals surface area (Å²) in [5.74, 6) is 0.618. The first-order valence-electron chi connectivity index (χ1n) is 5.71. The van der Waals surface area contributed by atoms with E-state index in [1.807, 2.05) is 0 Å². The third-order valence-corrected chi connectivity index (χ3v) is 2.95. The Labute approximate surface area is 91.6 Å². The molecule has 1 rings (SSSR count). The lowest BCUT2D eigenvalue weighted by atomic mass is 9.99. The number of allylic oxidation sites excluding steroid dienone is 2. The Balaban J connectivity index is 2.39. The van der Waals surface area contributed by atoms with Crippen LogP contribution in [0.3, 0.4) is 0 Å². The second-order valence-corrected chi connectivity index (χ2v) is 4.51. The SMILES string of the molecule is CC(C)C(CCO)NC(=O)C1CC=CC1. The molecule has 1 aliphatic carbocycles. The largest absolute Gasteiger partial charge is 0.396 e. The number of amides is 1. The van der Waals surface area contributed by atoms with Crippen molar-refractivity contribution in [2.45, 2.75) is 39.2 Å². The Morgan fingerprint density at radius 3 is 2.53 bits per heavy atom. The maximum Gasteiger partial charge on any atom is 0.223 e. The van der Waals surface area contributed by atoms with Gasteiger partial charge in [-0.15, -0.1) is 0 Å². The van der Waals surface area contributed by atoms with Crippen LogP contribution in [-0.4, -0.2) is 23.7 Å². The van der Waals surface area contributed by atoms with Crippen molar-refractivity contribution in [1.82, 2.24) is 5.32 Å². The quantitative estimate of drug-likeness (QED) is 0.677. The van der Waals surface area contributed by atoms with Gasteiger partial charge in [0.2, 0.25) is 5.91 Å². The van der Waals surface area contributed by atoms with Crippen molar-refractivity contribution in [1.29, 1.82) is 0 Å². The van der Waals surface area contributed by atoms with Crippen molar-refractivity contribution in [2.75, 3.05) is 6.61 Å². The van der Waals surface area contributed by atoms with Gasteiger partial charge in [-0.1, -0.05) is 26.0 Å². The van der Waals surface area contributed by atoms with E-state index in [1.54, 1.807) is 0 Å². The van der Waals surface area contributed by atoms with Gasteiger partial charge in [0.1, 0.15) is 0 Å². The Morgan fingerprint density at radius 1 is 1.47 bits per heavy atom. The summed E-state index contributed by atoms with van der Waals surface area (Å²) in [5.41, 5.74) is 0. The summed E-state index contributed by atoms with van der Waals surface area (Å²) in [6, 6.07) is 0.100. The molecule has 1 aliphatic rings. The van der Waals surface area contributed by atoms with E-state index in [1.165, 1.54) is 0 Å². The van der Waals surface area contributed by atoms with Crippen molar-refractivity contribution in [3.8, 4) is 0 Å². The first-order valence-corrected chi connectivity index (χ1v) is 5.71. The maximum atomic E-state index is 11.8. The molecule has 0 fully saturated rings. The number of hydrogen-bond acceptors (Lipinski definition) is 2. The maximum absolute atomic E-state index is 11.8. The number of aliphatic hydroxyl groups is 1. The van der Waals surface area contributed by atoms with E-state index < -0.39 is 0 Å². The average Bonchev–Trinajstić information content (AvgIpc) is 2.69. The van der Waals surface area contributed by atoms with Crippen LogP contribution in [-0.2, 0) is 4.79 Å². The third-order valence-electron chi connectivity index (χ3n) is 2.95. The molecule has 1 amide bonds. The lowest BCUT2D eigenvalue weighted by molar-refractivity contribution is -0.125. The molecule has 0 heterocycles. The van der Waals surface area contributed by atoms with Gasteiger partial charge in [0, 0.05) is 18.6 Å². The van der Waals surface area contributed by atoms with Crippen molar-refractivity contribution < 1.29 is 9.90 Å². The van der Waals surface area contributed by atoms with Crippen LogP contribution in [0.4, 0.5) is 0 Å². The minimum absolute atomic E-state index is 0.100. The predicted octanol–water partition coefficient (Wildman–Crippen LogP) is 1.48. The van der Waals surface area contributed by atoms with Crippen LogP contribution in [0.25, 0.3) is 0 Å². The van der Waals surface area contributed by atoms with Crippen LogP contribution in [0.1, 0.15) is 33.1 Å². The molecule has 0 spiro atoms. The topological polar surface area (TPSA) is 49.3 Å². The van der Waals surface area contributed by atoms with E-state index in [9.17, 15) is 4.79 Å². The number of carbonyl (C=O) groups is 1. The zero-order valence-electron chi connectivity index (χ0n) is 9.57. The summed E-state index contributed by atoms with van der Waals surface area (Å²) in [6.45, 7) is 4.26. The summed E-state index contributed by atoms with van der Waals surface area (Å²) < 4.78 is 0. The Bertz CT molecular complexity index is 228. The second kappa shape index (κ2) is 5.91. The summed E-state index contributed by atoms with van der Waals surface area (Å²) in [7, 11) is 0. The van der Waals surface area contributed by atoms with Gasteiger partial charge in [0.25, 0.3) is 0 Å². The molecule has 0 bridgehead atoms. The first kappa shape index (κ1) is 12.2. The monoisotopic (exact) mass is 211 g/mol. The van der Waals surface area contributed by atoms with Gasteiger partial charge in [0.15, 0.2) is 0 Å². The van der Waals surface area contributed by atoms with E-state index in [2.05, 4.69) is 31.3 Å². The molecule has 0 saturated carbocycles. The molecular formula is C12H21NO2. The molecule has 3 heteroatoms. The Morgan fingerprint density at radius 2 is 2.07 bits per heavy atom. The number of nitrogens with one attached hydrogen (secondary N) is 1. The highest BCUT2D eigenvalue weighted by Gasteiger charge is 2.22. The molecule has 86 valence electrons. The van der Waals surface area contributed by atoms with Gasteiger partial charge in [-0.05, 0) is 25.2 Å². The van der Waals surface area contributed by atoms with Gasteiger partial charge in [-0.25, -0.2) is 0 Å². The molecule has 15 heavy (non-hydrogen) atoms. The Hall–Kier alpha value is -0.830. The van der Waals surface area contributed by atoms with Crippen LogP contribution in [0, 0.1) is 11.8 Å². The lowest BCUT2D eigenvalue weighted by Gasteiger charge is -2.23. The zero-order chi connectivity index (χ0) is 11.3. The fourth-order valence-corrected chi connectivity index (χ4v) is 1.84. The van der Waals surface area contributed by atoms with E-state index in [-0.39, 0.29) is 24.5 Å². The molecule has 0 aliphatic heterocycles. The molecule has 2 N–H and O–H groups in total. The molecule has 1 atom stereocenters. The smallest absolute Gasteiger partial charge is 0.223 e. The van der Waals surface area contributed by atoms with Crippen molar-refractivity contribution >= 4 is 5.91 Å². The highest BCUT2D eigenvalue weighted by Crippen LogP contribution is 2.18. The Kier molecular flexibility index (Phi) is 4.82. The standard InChI is InChI=1S/C12H21NO2/c1-9(2)11(7-8-14)13-12(15)10-5-3-4-6-10/h3-4,9-11,14H,5-8H2,1-2H3,(H,13,15). The molecule has 0 radical (unpaired) electrons. The van der Waals surface area contributed by atoms with E-state index in [0.29, 0.717) is 12.3 Å². The number of hydrogen-bond donors (Lipinski definition) is 2. The van der Waals surface area contributed by atoms with Crippen molar-refractivity contribution in [2.24, 2.45) is 11.8 Å². The van der Waals surface area contributed by atoms with Gasteiger partial charge < -0.3 is 10.4 Å². The van der Waals surface area contributed by atoms with Crippen molar-refractivity contribution in [3.63, 3.8) is 0 Å². The molecule has 3 nitrogen and oxygen atoms in total. The van der Waals surface area contributed by atoms with E-state index in [0.717, 1.165) is 12.8 Å². The number of aliphatic hydroxyl groups excluding tert-OH is 1. The van der Waals surface area contributed by atoms with Crippen LogP contribution in [0.15, 0.2) is 12.2 Å². The predicted molar refractivity (Wildman–Crippen MR) is 60.3 cm³/mol. The van der Waals surface area contributed by atoms with Gasteiger partial charge in [-0.2, -0.15) is 0 Å². The van der Waals surface area contributed by atoms with E-state index >= 15 is 0 Å². The molecule has 0 saturated heterocycles. The lowest BCUT2D eigenvalue weighted by Crippen LogP contribution is -2.41. The molecule has 0 aromatic carbocycles. The molecule has 0 aromatic heterocycles. The highest BCUT2D eigenvalue weighted by atomic mass is 16.3. The van der Waals surface area contributed by atoms with Crippen LogP contribution in [0.5, 0.6) is 0 Å². The summed E-state index contributed by atoms with van der Waals surface area (Å²) in [5, 5.41) is 11.9. The third kappa shape index (κ3) is 3.67. The highest BCUT2D eigenvalue weighted by molar-refractivity contribution is 5.79. The van der Waals surface area contributed by atoms with Crippen molar-refractivity contribution in [3.05, 3.63) is 12.2 Å². The second-order valence-electron chi connectivity index (χ2n) is 4.51. The minimum Gasteiger partial charge on any atom is -0.396 e. The summed E-state index contributed by atoms with van der Waals surface area (Å²) >= 11 is 0. The summed E-state index contributed by atoms with van der Waals surface area (Å²) in [6.07, 6.45) is 6.47. The van der Waals surface area contributed by atoms with Crippen LogP contribution < -0.4 is 5.32 Å². The van der Waals surface area contributed by atoms with Gasteiger partial charge >= 0.3 is 0 Å². The minimum atomic E-state index is 0.100. The van der Waals surface area contributed by atoms with Gasteiger partial charge in [-0.3, -0.25) is 4.79 Å². The zero-order valence-corrected chi connectivity index (χ0v) is 9.57.